The second-order valence-corrected chi connectivity index (χ2v) is 7.55. The van der Waals surface area contributed by atoms with E-state index >= 15 is 0 Å². The molecule has 1 N–H and O–H groups in total. The maximum atomic E-state index is 13.8. The van der Waals surface area contributed by atoms with E-state index in [9.17, 15) is 9.18 Å². The summed E-state index contributed by atoms with van der Waals surface area (Å²) in [6.45, 7) is 3.97. The van der Waals surface area contributed by atoms with Gasteiger partial charge in [0.15, 0.2) is 0 Å². The van der Waals surface area contributed by atoms with Crippen molar-refractivity contribution < 1.29 is 19.0 Å². The van der Waals surface area contributed by atoms with Crippen LogP contribution in [0.25, 0.3) is 5.57 Å². The summed E-state index contributed by atoms with van der Waals surface area (Å²) in [4.78, 5) is 13.3. The summed E-state index contributed by atoms with van der Waals surface area (Å²) in [5.41, 5.74) is 5.42. The number of hydrogen-bond acceptors (Lipinski definition) is 3. The first kappa shape index (κ1) is 18.7. The first-order valence-corrected chi connectivity index (χ1v) is 9.72. The van der Waals surface area contributed by atoms with E-state index in [1.807, 2.05) is 31.2 Å². The Labute approximate surface area is 164 Å². The van der Waals surface area contributed by atoms with E-state index in [4.69, 9.17) is 9.84 Å². The van der Waals surface area contributed by atoms with Crippen LogP contribution in [-0.4, -0.2) is 35.1 Å². The average Bonchev–Trinajstić information content (AvgIpc) is 2.84. The lowest BCUT2D eigenvalue weighted by Gasteiger charge is -2.34. The molecule has 1 saturated heterocycles. The maximum Gasteiger partial charge on any atom is 0.304 e. The molecular formula is C23H24FNO3. The first-order chi connectivity index (χ1) is 13.5. The van der Waals surface area contributed by atoms with Gasteiger partial charge in [0.25, 0.3) is 0 Å². The minimum Gasteiger partial charge on any atom is -0.488 e. The summed E-state index contributed by atoms with van der Waals surface area (Å²) in [6, 6.07) is 12.9. The predicted molar refractivity (Wildman–Crippen MR) is 106 cm³/mol. The van der Waals surface area contributed by atoms with E-state index in [0.29, 0.717) is 6.61 Å². The van der Waals surface area contributed by atoms with Crippen molar-refractivity contribution in [3.8, 4) is 5.75 Å². The zero-order chi connectivity index (χ0) is 19.7. The van der Waals surface area contributed by atoms with Crippen LogP contribution in [-0.2, 0) is 11.4 Å². The molecule has 2 aromatic rings. The third-order valence-corrected chi connectivity index (χ3v) is 5.72. The number of likely N-dealkylation sites (tertiary alicyclic amines) is 1. The number of piperidine rings is 1. The number of nitrogens with zero attached hydrogens (tertiary/aromatic N) is 1. The van der Waals surface area contributed by atoms with Gasteiger partial charge in [-0.15, -0.1) is 0 Å². The highest BCUT2D eigenvalue weighted by molar-refractivity contribution is 5.87. The Morgan fingerprint density at radius 3 is 2.68 bits per heavy atom. The van der Waals surface area contributed by atoms with Crippen LogP contribution >= 0.6 is 0 Å². The molecule has 0 aromatic heterocycles. The van der Waals surface area contributed by atoms with E-state index in [-0.39, 0.29) is 18.3 Å². The van der Waals surface area contributed by atoms with Crippen molar-refractivity contribution in [1.82, 2.24) is 4.90 Å². The molecule has 2 heterocycles. The van der Waals surface area contributed by atoms with Crippen LogP contribution in [0, 0.1) is 5.82 Å². The number of rotatable bonds is 3. The third-order valence-electron chi connectivity index (χ3n) is 5.72. The lowest BCUT2D eigenvalue weighted by atomic mass is 9.86. The molecule has 1 unspecified atom stereocenters. The van der Waals surface area contributed by atoms with Gasteiger partial charge in [-0.05, 0) is 49.1 Å². The van der Waals surface area contributed by atoms with E-state index in [0.717, 1.165) is 53.9 Å². The highest BCUT2D eigenvalue weighted by Crippen LogP contribution is 2.41. The van der Waals surface area contributed by atoms with Gasteiger partial charge in [-0.1, -0.05) is 29.8 Å². The number of carboxylic acid groups (broad SMARTS) is 1. The Morgan fingerprint density at radius 1 is 1.18 bits per heavy atom. The summed E-state index contributed by atoms with van der Waals surface area (Å²) in [5, 5.41) is 9.06. The molecule has 4 rings (SSSR count). The molecule has 5 heteroatoms. The molecular weight excluding hydrogens is 357 g/mol. The second kappa shape index (κ2) is 7.76. The smallest absolute Gasteiger partial charge is 0.304 e. The molecule has 2 aromatic carbocycles. The molecule has 2 aliphatic heterocycles. The number of aliphatic carboxylic acids is 1. The van der Waals surface area contributed by atoms with Crippen LogP contribution in [0.3, 0.4) is 0 Å². The number of fused-ring (bicyclic) bond motifs is 2. The monoisotopic (exact) mass is 381 g/mol. The van der Waals surface area contributed by atoms with Gasteiger partial charge in [0.1, 0.15) is 18.2 Å². The number of hydrogen-bond donors (Lipinski definition) is 1. The lowest BCUT2D eigenvalue weighted by Crippen LogP contribution is -2.39. The molecule has 146 valence electrons. The van der Waals surface area contributed by atoms with Gasteiger partial charge in [0.2, 0.25) is 0 Å². The Hall–Kier alpha value is -2.66. The summed E-state index contributed by atoms with van der Waals surface area (Å²) < 4.78 is 19.8. The Balaban J connectivity index is 1.72. The topological polar surface area (TPSA) is 49.8 Å². The summed E-state index contributed by atoms with van der Waals surface area (Å²) in [6.07, 6.45) is 1.89. The highest BCUT2D eigenvalue weighted by Gasteiger charge is 2.26. The summed E-state index contributed by atoms with van der Waals surface area (Å²) >= 11 is 0. The van der Waals surface area contributed by atoms with Gasteiger partial charge in [0.05, 0.1) is 6.42 Å². The fourth-order valence-electron chi connectivity index (χ4n) is 4.27. The fourth-order valence-corrected chi connectivity index (χ4v) is 4.27. The molecule has 28 heavy (non-hydrogen) atoms. The van der Waals surface area contributed by atoms with Crippen LogP contribution in [0.1, 0.15) is 42.9 Å². The molecule has 0 amide bonds. The second-order valence-electron chi connectivity index (χ2n) is 7.55. The fraction of sp³-hybridized carbons (Fsp3) is 0.348. The average molecular weight is 381 g/mol. The quantitative estimate of drug-likeness (QED) is 0.852. The summed E-state index contributed by atoms with van der Waals surface area (Å²) in [5.74, 6) is -0.194. The number of carbonyl (C=O) groups is 1. The van der Waals surface area contributed by atoms with E-state index in [2.05, 4.69) is 11.0 Å². The minimum atomic E-state index is -0.762. The molecule has 1 fully saturated rings. The largest absolute Gasteiger partial charge is 0.488 e. The first-order valence-electron chi connectivity index (χ1n) is 9.72. The van der Waals surface area contributed by atoms with Crippen molar-refractivity contribution in [3.05, 3.63) is 70.5 Å². The molecule has 0 spiro atoms. The van der Waals surface area contributed by atoms with Crippen molar-refractivity contribution in [1.29, 1.82) is 0 Å². The molecule has 0 bridgehead atoms. The number of carboxylic acids is 1. The SMILES string of the molecule is CC(CC(=O)O)N1CCC(=C2c3ccc(F)cc3COc3ccccc32)CC1. The zero-order valence-electron chi connectivity index (χ0n) is 16.0. The molecule has 0 aliphatic carbocycles. The maximum absolute atomic E-state index is 13.8. The van der Waals surface area contributed by atoms with Gasteiger partial charge in [-0.25, -0.2) is 4.39 Å². The van der Waals surface area contributed by atoms with E-state index < -0.39 is 5.97 Å². The lowest BCUT2D eigenvalue weighted by molar-refractivity contribution is -0.138. The van der Waals surface area contributed by atoms with Gasteiger partial charge in [0, 0.05) is 30.3 Å². The molecule has 0 saturated carbocycles. The summed E-state index contributed by atoms with van der Waals surface area (Å²) in [7, 11) is 0. The standard InChI is InChI=1S/C23H24FNO3/c1-15(12-22(26)27)25-10-8-16(9-11-25)23-19-7-6-18(24)13-17(19)14-28-21-5-3-2-4-20(21)23/h2-7,13,15H,8-12,14H2,1H3,(H,26,27). The van der Waals surface area contributed by atoms with Crippen molar-refractivity contribution in [3.63, 3.8) is 0 Å². The Bertz CT molecular complexity index is 927. The van der Waals surface area contributed by atoms with Crippen LogP contribution in [0.15, 0.2) is 48.0 Å². The van der Waals surface area contributed by atoms with Crippen LogP contribution in [0.5, 0.6) is 5.75 Å². The highest BCUT2D eigenvalue weighted by atomic mass is 19.1. The van der Waals surface area contributed by atoms with Gasteiger partial charge >= 0.3 is 5.97 Å². The van der Waals surface area contributed by atoms with Crippen LogP contribution in [0.2, 0.25) is 0 Å². The predicted octanol–water partition coefficient (Wildman–Crippen LogP) is 4.48. The number of para-hydroxylation sites is 1. The van der Waals surface area contributed by atoms with Crippen LogP contribution in [0.4, 0.5) is 4.39 Å². The van der Waals surface area contributed by atoms with Crippen molar-refractivity contribution in [2.24, 2.45) is 0 Å². The third kappa shape index (κ3) is 3.67. The van der Waals surface area contributed by atoms with Gasteiger partial charge < -0.3 is 9.84 Å². The number of benzene rings is 2. The molecule has 4 nitrogen and oxygen atoms in total. The Morgan fingerprint density at radius 2 is 1.93 bits per heavy atom. The van der Waals surface area contributed by atoms with Gasteiger partial charge in [-0.3, -0.25) is 9.69 Å². The molecule has 2 aliphatic rings. The van der Waals surface area contributed by atoms with Crippen molar-refractivity contribution in [2.45, 2.75) is 38.8 Å². The zero-order valence-corrected chi connectivity index (χ0v) is 16.0. The Kier molecular flexibility index (Phi) is 5.18. The number of ether oxygens (including phenoxy) is 1. The number of halogens is 1. The van der Waals surface area contributed by atoms with E-state index in [1.54, 1.807) is 6.07 Å². The molecule has 1 atom stereocenters. The minimum absolute atomic E-state index is 0.0233. The van der Waals surface area contributed by atoms with E-state index in [1.165, 1.54) is 11.6 Å². The van der Waals surface area contributed by atoms with Crippen molar-refractivity contribution >= 4 is 11.5 Å². The van der Waals surface area contributed by atoms with Gasteiger partial charge in [-0.2, -0.15) is 0 Å². The molecule has 0 radical (unpaired) electrons. The normalized spacial score (nSPS) is 17.9. The van der Waals surface area contributed by atoms with Crippen molar-refractivity contribution in [2.75, 3.05) is 13.1 Å². The van der Waals surface area contributed by atoms with Crippen LogP contribution < -0.4 is 4.74 Å².